The summed E-state index contributed by atoms with van der Waals surface area (Å²) in [5, 5.41) is 2.73. The van der Waals surface area contributed by atoms with Gasteiger partial charge in [0.05, 0.1) is 0 Å². The number of nitrogens with zero attached hydrogens (tertiary/aromatic N) is 2. The molecule has 0 unspecified atom stereocenters. The smallest absolute Gasteiger partial charge is 0.0482 e. The second-order valence-corrected chi connectivity index (χ2v) is 11.1. The summed E-state index contributed by atoms with van der Waals surface area (Å²) in [5.74, 6) is 2.83. The molecule has 2 heteroatoms. The van der Waals surface area contributed by atoms with Gasteiger partial charge in [-0.3, -0.25) is 0 Å². The maximum absolute atomic E-state index is 2.36. The van der Waals surface area contributed by atoms with E-state index in [1.54, 1.807) is 0 Å². The van der Waals surface area contributed by atoms with Crippen LogP contribution in [0, 0.1) is 11.8 Å². The zero-order chi connectivity index (χ0) is 26.0. The fourth-order valence-corrected chi connectivity index (χ4v) is 3.97. The van der Waals surface area contributed by atoms with Crippen molar-refractivity contribution < 1.29 is 0 Å². The summed E-state index contributed by atoms with van der Waals surface area (Å²) in [6.07, 6.45) is 2.07. The Balaban J connectivity index is 0.000000272. The predicted octanol–water partition coefficient (Wildman–Crippen LogP) is 9.93. The lowest BCUT2D eigenvalue weighted by molar-refractivity contribution is 0.720. The molecule has 188 valence electrons. The number of hydrogen-bond acceptors (Lipinski definition) is 0. The number of aromatic nitrogens is 2. The lowest BCUT2D eigenvalue weighted by Crippen LogP contribution is -2.02. The molecule has 0 atom stereocenters. The second kappa shape index (κ2) is 14.0. The number of benzene rings is 2. The number of hydrogen-bond donors (Lipinski definition) is 0. The summed E-state index contributed by atoms with van der Waals surface area (Å²) in [5.41, 5.74) is 5.65. The van der Waals surface area contributed by atoms with Gasteiger partial charge in [-0.15, -0.1) is 0 Å². The first-order valence-corrected chi connectivity index (χ1v) is 13.0. The molecule has 0 amide bonds. The molecule has 0 radical (unpaired) electrons. The van der Waals surface area contributed by atoms with Gasteiger partial charge in [-0.05, 0) is 52.8 Å². The summed E-state index contributed by atoms with van der Waals surface area (Å²) in [7, 11) is 4.24. The number of fused-ring (bicyclic) bond motifs is 2. The van der Waals surface area contributed by atoms with Gasteiger partial charge >= 0.3 is 0 Å². The third kappa shape index (κ3) is 8.70. The highest BCUT2D eigenvalue weighted by molar-refractivity contribution is 5.86. The average molecular weight is 463 g/mol. The molecule has 4 rings (SSSR count). The average Bonchev–Trinajstić information content (AvgIpc) is 3.26. The van der Waals surface area contributed by atoms with Crippen molar-refractivity contribution in [3.63, 3.8) is 0 Å². The minimum Gasteiger partial charge on any atom is -0.351 e. The number of para-hydroxylation sites is 2. The molecule has 34 heavy (non-hydrogen) atoms. The third-order valence-corrected chi connectivity index (χ3v) is 5.11. The van der Waals surface area contributed by atoms with Crippen LogP contribution < -0.4 is 0 Å². The molecule has 0 bridgehead atoms. The van der Waals surface area contributed by atoms with Crippen molar-refractivity contribution in [3.8, 4) is 0 Å². The molecule has 0 aliphatic rings. The summed E-state index contributed by atoms with van der Waals surface area (Å²) in [4.78, 5) is 0. The molecule has 2 nitrogen and oxygen atoms in total. The highest BCUT2D eigenvalue weighted by Gasteiger charge is 2.18. The van der Waals surface area contributed by atoms with E-state index in [2.05, 4.69) is 153 Å². The van der Waals surface area contributed by atoms with Crippen LogP contribution in [0.15, 0.2) is 60.8 Å². The van der Waals surface area contributed by atoms with E-state index in [-0.39, 0.29) is 0 Å². The van der Waals surface area contributed by atoms with Gasteiger partial charge < -0.3 is 9.13 Å². The fourth-order valence-electron chi connectivity index (χ4n) is 3.97. The zero-order valence-corrected chi connectivity index (χ0v) is 24.0. The van der Waals surface area contributed by atoms with E-state index in [9.17, 15) is 0 Å². The van der Waals surface area contributed by atoms with Crippen molar-refractivity contribution >= 4 is 21.8 Å². The maximum atomic E-state index is 2.36. The number of rotatable bonds is 2. The molecular formula is C32H50N2. The van der Waals surface area contributed by atoms with Gasteiger partial charge in [0.15, 0.2) is 0 Å². The Morgan fingerprint density at radius 3 is 1.50 bits per heavy atom. The van der Waals surface area contributed by atoms with E-state index in [0.29, 0.717) is 11.8 Å². The lowest BCUT2D eigenvalue weighted by Gasteiger charge is -2.13. The van der Waals surface area contributed by atoms with E-state index < -0.39 is 0 Å². The molecule has 2 heterocycles. The molecule has 2 aromatic heterocycles. The first-order valence-electron chi connectivity index (χ1n) is 13.0. The van der Waals surface area contributed by atoms with E-state index in [0.717, 1.165) is 11.8 Å². The van der Waals surface area contributed by atoms with Gasteiger partial charge in [0, 0.05) is 42.4 Å². The Morgan fingerprint density at radius 1 is 0.559 bits per heavy atom. The van der Waals surface area contributed by atoms with Gasteiger partial charge in [-0.25, -0.2) is 0 Å². The van der Waals surface area contributed by atoms with Crippen LogP contribution in [0.3, 0.4) is 0 Å². The predicted molar refractivity (Wildman–Crippen MR) is 155 cm³/mol. The zero-order valence-electron chi connectivity index (χ0n) is 24.0. The van der Waals surface area contributed by atoms with Crippen LogP contribution in [-0.2, 0) is 14.1 Å². The van der Waals surface area contributed by atoms with Gasteiger partial charge in [-0.1, -0.05) is 106 Å². The van der Waals surface area contributed by atoms with Crippen LogP contribution in [-0.4, -0.2) is 9.13 Å². The molecule has 0 aliphatic heterocycles. The van der Waals surface area contributed by atoms with Crippen molar-refractivity contribution in [2.24, 2.45) is 25.9 Å². The van der Waals surface area contributed by atoms with Crippen molar-refractivity contribution in [3.05, 3.63) is 72.1 Å². The maximum Gasteiger partial charge on any atom is 0.0482 e. The van der Waals surface area contributed by atoms with Crippen LogP contribution in [0.5, 0.6) is 0 Å². The standard InChI is InChI=1S/C15H21N.C9H9N.2C4H10/c1-10(2)14-12-8-6-7-9-13(12)16(5)15(14)11(3)4;1-10-7-6-8-4-2-3-5-9(8)10;2*1-4(2)3/h6-11H,1-5H3;2-7H,1H3;2*4H,1-3H3. The van der Waals surface area contributed by atoms with E-state index in [4.69, 9.17) is 0 Å². The molecule has 0 aliphatic carbocycles. The summed E-state index contributed by atoms with van der Waals surface area (Å²) in [6, 6.07) is 19.2. The molecule has 2 aromatic carbocycles. The number of aryl methyl sites for hydroxylation is 2. The summed E-state index contributed by atoms with van der Waals surface area (Å²) < 4.78 is 4.48. The topological polar surface area (TPSA) is 9.86 Å². The first-order chi connectivity index (χ1) is 15.9. The Morgan fingerprint density at radius 2 is 1.03 bits per heavy atom. The van der Waals surface area contributed by atoms with Crippen molar-refractivity contribution in [1.82, 2.24) is 9.13 Å². The van der Waals surface area contributed by atoms with Crippen molar-refractivity contribution in [1.29, 1.82) is 0 Å². The van der Waals surface area contributed by atoms with Gasteiger partial charge in [0.1, 0.15) is 0 Å². The molecule has 0 saturated heterocycles. The van der Waals surface area contributed by atoms with Crippen LogP contribution >= 0.6 is 0 Å². The first kappa shape index (κ1) is 29.6. The van der Waals surface area contributed by atoms with E-state index in [1.165, 1.54) is 33.1 Å². The van der Waals surface area contributed by atoms with Gasteiger partial charge in [0.25, 0.3) is 0 Å². The Labute approximate surface area is 210 Å². The van der Waals surface area contributed by atoms with E-state index >= 15 is 0 Å². The largest absolute Gasteiger partial charge is 0.351 e. The fraction of sp³-hybridized carbons (Fsp3) is 0.500. The van der Waals surface area contributed by atoms with Crippen molar-refractivity contribution in [2.45, 2.75) is 81.1 Å². The van der Waals surface area contributed by atoms with Crippen LogP contribution in [0.25, 0.3) is 21.8 Å². The van der Waals surface area contributed by atoms with Crippen LogP contribution in [0.2, 0.25) is 0 Å². The van der Waals surface area contributed by atoms with Gasteiger partial charge in [0.2, 0.25) is 0 Å². The highest BCUT2D eigenvalue weighted by atomic mass is 15.0. The third-order valence-electron chi connectivity index (χ3n) is 5.11. The Hall–Kier alpha value is -2.48. The Bertz CT molecular complexity index is 1100. The molecule has 4 aromatic rings. The minimum atomic E-state index is 0.579. The van der Waals surface area contributed by atoms with E-state index in [1.807, 2.05) is 0 Å². The molecule has 0 fully saturated rings. The molecule has 0 N–H and O–H groups in total. The lowest BCUT2D eigenvalue weighted by atomic mass is 9.95. The van der Waals surface area contributed by atoms with Gasteiger partial charge in [-0.2, -0.15) is 0 Å². The molecular weight excluding hydrogens is 412 g/mol. The SMILES string of the molecule is CC(C)C.CC(C)C.CC(C)c1c(C(C)C)n(C)c2ccccc12.Cn1ccc2ccccc21. The highest BCUT2D eigenvalue weighted by Crippen LogP contribution is 2.35. The van der Waals surface area contributed by atoms with Crippen molar-refractivity contribution in [2.75, 3.05) is 0 Å². The minimum absolute atomic E-state index is 0.579. The Kier molecular flexibility index (Phi) is 12.2. The summed E-state index contributed by atoms with van der Waals surface area (Å²) >= 11 is 0. The van der Waals surface area contributed by atoms with Crippen LogP contribution in [0.1, 0.15) is 92.3 Å². The quantitative estimate of drug-likeness (QED) is 0.280. The monoisotopic (exact) mass is 462 g/mol. The normalized spacial score (nSPS) is 10.8. The summed E-state index contributed by atoms with van der Waals surface area (Å²) in [6.45, 7) is 22.1. The molecule has 0 spiro atoms. The molecule has 0 saturated carbocycles. The second-order valence-electron chi connectivity index (χ2n) is 11.1. The van der Waals surface area contributed by atoms with Crippen LogP contribution in [0.4, 0.5) is 0 Å².